The van der Waals surface area contributed by atoms with E-state index in [1.807, 2.05) is 13.4 Å². The Morgan fingerprint density at radius 3 is 2.85 bits per heavy atom. The van der Waals surface area contributed by atoms with Crippen LogP contribution in [0.1, 0.15) is 49.2 Å². The van der Waals surface area contributed by atoms with Crippen LogP contribution < -0.4 is 5.32 Å². The van der Waals surface area contributed by atoms with E-state index < -0.39 is 0 Å². The number of para-hydroxylation sites is 1. The number of nitrogens with zero attached hydrogens (tertiary/aromatic N) is 2. The Kier molecular flexibility index (Phi) is 3.88. The van der Waals surface area contributed by atoms with Crippen molar-refractivity contribution in [2.75, 3.05) is 7.05 Å². The zero-order chi connectivity index (χ0) is 13.9. The normalized spacial score (nSPS) is 15.9. The van der Waals surface area contributed by atoms with E-state index in [-0.39, 0.29) is 0 Å². The van der Waals surface area contributed by atoms with Crippen LogP contribution in [0.2, 0.25) is 0 Å². The molecule has 0 spiro atoms. The monoisotopic (exact) mass is 269 g/mol. The fourth-order valence-electron chi connectivity index (χ4n) is 3.26. The SMILES string of the molecule is CCC(NC)c1ccccc1-n1cnc2c1CCCC2. The molecule has 0 radical (unpaired) electrons. The van der Waals surface area contributed by atoms with Gasteiger partial charge in [-0.05, 0) is 50.8 Å². The lowest BCUT2D eigenvalue weighted by Gasteiger charge is -2.21. The van der Waals surface area contributed by atoms with Crippen LogP contribution in [0.3, 0.4) is 0 Å². The number of fused-ring (bicyclic) bond motifs is 1. The van der Waals surface area contributed by atoms with Gasteiger partial charge in [0.15, 0.2) is 0 Å². The van der Waals surface area contributed by atoms with Gasteiger partial charge in [-0.2, -0.15) is 0 Å². The minimum atomic E-state index is 0.396. The molecule has 0 saturated heterocycles. The number of rotatable bonds is 4. The van der Waals surface area contributed by atoms with E-state index in [4.69, 9.17) is 0 Å². The lowest BCUT2D eigenvalue weighted by molar-refractivity contribution is 0.572. The maximum atomic E-state index is 4.63. The molecule has 1 aliphatic rings. The van der Waals surface area contributed by atoms with Gasteiger partial charge in [0.25, 0.3) is 0 Å². The first-order chi connectivity index (χ1) is 9.85. The first kappa shape index (κ1) is 13.4. The summed E-state index contributed by atoms with van der Waals surface area (Å²) in [6.07, 6.45) is 7.94. The van der Waals surface area contributed by atoms with Crippen molar-refractivity contribution < 1.29 is 0 Å². The van der Waals surface area contributed by atoms with Crippen molar-refractivity contribution in [3.05, 3.63) is 47.5 Å². The van der Waals surface area contributed by atoms with Gasteiger partial charge in [0, 0.05) is 11.7 Å². The van der Waals surface area contributed by atoms with Gasteiger partial charge in [0.05, 0.1) is 17.7 Å². The number of imidazole rings is 1. The molecule has 1 aliphatic carbocycles. The highest BCUT2D eigenvalue weighted by molar-refractivity contribution is 5.45. The van der Waals surface area contributed by atoms with E-state index in [2.05, 4.69) is 46.1 Å². The molecule has 1 aromatic carbocycles. The molecule has 3 heteroatoms. The third-order valence-corrected chi connectivity index (χ3v) is 4.36. The molecule has 106 valence electrons. The van der Waals surface area contributed by atoms with Crippen LogP contribution in [0.25, 0.3) is 5.69 Å². The van der Waals surface area contributed by atoms with E-state index in [1.54, 1.807) is 0 Å². The van der Waals surface area contributed by atoms with Crippen LogP contribution >= 0.6 is 0 Å². The third kappa shape index (κ3) is 2.27. The van der Waals surface area contributed by atoms with E-state index >= 15 is 0 Å². The first-order valence-electron chi connectivity index (χ1n) is 7.66. The summed E-state index contributed by atoms with van der Waals surface area (Å²) in [5.41, 5.74) is 5.35. The van der Waals surface area contributed by atoms with Gasteiger partial charge < -0.3 is 9.88 Å². The Morgan fingerprint density at radius 1 is 1.25 bits per heavy atom. The molecule has 20 heavy (non-hydrogen) atoms. The van der Waals surface area contributed by atoms with Gasteiger partial charge in [-0.25, -0.2) is 4.98 Å². The van der Waals surface area contributed by atoms with Crippen molar-refractivity contribution in [3.8, 4) is 5.69 Å². The van der Waals surface area contributed by atoms with Crippen molar-refractivity contribution in [2.45, 2.75) is 45.1 Å². The van der Waals surface area contributed by atoms with Crippen molar-refractivity contribution >= 4 is 0 Å². The molecule has 0 saturated carbocycles. The van der Waals surface area contributed by atoms with Crippen molar-refractivity contribution in [1.29, 1.82) is 0 Å². The van der Waals surface area contributed by atoms with Crippen LogP contribution in [0.4, 0.5) is 0 Å². The average Bonchev–Trinajstić information content (AvgIpc) is 2.93. The predicted molar refractivity (Wildman–Crippen MR) is 82.3 cm³/mol. The Labute approximate surface area is 121 Å². The Bertz CT molecular complexity index is 582. The Hall–Kier alpha value is -1.61. The number of aromatic nitrogens is 2. The fraction of sp³-hybridized carbons (Fsp3) is 0.471. The van der Waals surface area contributed by atoms with Crippen LogP contribution in [0.5, 0.6) is 0 Å². The number of hydrogen-bond donors (Lipinski definition) is 1. The molecular weight excluding hydrogens is 246 g/mol. The van der Waals surface area contributed by atoms with E-state index in [0.717, 1.165) is 19.3 Å². The van der Waals surface area contributed by atoms with Gasteiger partial charge in [-0.1, -0.05) is 25.1 Å². The lowest BCUT2D eigenvalue weighted by Crippen LogP contribution is -2.18. The molecule has 1 unspecified atom stereocenters. The van der Waals surface area contributed by atoms with Gasteiger partial charge >= 0.3 is 0 Å². The summed E-state index contributed by atoms with van der Waals surface area (Å²) in [5, 5.41) is 3.42. The predicted octanol–water partition coefficient (Wildman–Crippen LogP) is 3.42. The summed E-state index contributed by atoms with van der Waals surface area (Å²) in [6.45, 7) is 2.22. The molecule has 1 heterocycles. The Morgan fingerprint density at radius 2 is 2.05 bits per heavy atom. The van der Waals surface area contributed by atoms with E-state index in [0.29, 0.717) is 6.04 Å². The molecule has 1 aromatic heterocycles. The quantitative estimate of drug-likeness (QED) is 0.921. The molecule has 0 aliphatic heterocycles. The number of benzene rings is 1. The highest BCUT2D eigenvalue weighted by Gasteiger charge is 2.19. The van der Waals surface area contributed by atoms with Gasteiger partial charge in [-0.15, -0.1) is 0 Å². The minimum Gasteiger partial charge on any atom is -0.313 e. The average molecular weight is 269 g/mol. The topological polar surface area (TPSA) is 29.9 Å². The van der Waals surface area contributed by atoms with Gasteiger partial charge in [0.1, 0.15) is 0 Å². The zero-order valence-electron chi connectivity index (χ0n) is 12.4. The minimum absolute atomic E-state index is 0.396. The number of aryl methyl sites for hydroxylation is 1. The molecule has 0 bridgehead atoms. The summed E-state index contributed by atoms with van der Waals surface area (Å²) >= 11 is 0. The summed E-state index contributed by atoms with van der Waals surface area (Å²) in [7, 11) is 2.04. The van der Waals surface area contributed by atoms with Crippen molar-refractivity contribution in [2.24, 2.45) is 0 Å². The fourth-order valence-corrected chi connectivity index (χ4v) is 3.26. The summed E-state index contributed by atoms with van der Waals surface area (Å²) < 4.78 is 2.31. The highest BCUT2D eigenvalue weighted by Crippen LogP contribution is 2.28. The largest absolute Gasteiger partial charge is 0.313 e. The number of nitrogens with one attached hydrogen (secondary N) is 1. The summed E-state index contributed by atoms with van der Waals surface area (Å²) in [4.78, 5) is 4.63. The molecule has 3 rings (SSSR count). The summed E-state index contributed by atoms with van der Waals surface area (Å²) in [5.74, 6) is 0. The molecule has 1 N–H and O–H groups in total. The smallest absolute Gasteiger partial charge is 0.0997 e. The second-order valence-corrected chi connectivity index (χ2v) is 5.52. The molecular formula is C17H23N3. The van der Waals surface area contributed by atoms with Crippen molar-refractivity contribution in [1.82, 2.24) is 14.9 Å². The van der Waals surface area contributed by atoms with E-state index in [1.165, 1.54) is 35.5 Å². The lowest BCUT2D eigenvalue weighted by atomic mass is 9.99. The van der Waals surface area contributed by atoms with Crippen LogP contribution in [0.15, 0.2) is 30.6 Å². The second kappa shape index (κ2) is 5.80. The molecule has 1 atom stereocenters. The van der Waals surface area contributed by atoms with Crippen LogP contribution in [-0.4, -0.2) is 16.6 Å². The zero-order valence-corrected chi connectivity index (χ0v) is 12.4. The standard InChI is InChI=1S/C17H23N3/c1-3-14(18-2)13-8-4-6-10-16(13)20-12-19-15-9-5-7-11-17(15)20/h4,6,8,10,12,14,18H,3,5,7,9,11H2,1-2H3. The van der Waals surface area contributed by atoms with Crippen LogP contribution in [-0.2, 0) is 12.8 Å². The molecule has 3 nitrogen and oxygen atoms in total. The summed E-state index contributed by atoms with van der Waals surface area (Å²) in [6, 6.07) is 9.09. The molecule has 0 fully saturated rings. The maximum absolute atomic E-state index is 4.63. The third-order valence-electron chi connectivity index (χ3n) is 4.36. The highest BCUT2D eigenvalue weighted by atomic mass is 15.1. The van der Waals surface area contributed by atoms with Gasteiger partial charge in [0.2, 0.25) is 0 Å². The first-order valence-corrected chi connectivity index (χ1v) is 7.66. The van der Waals surface area contributed by atoms with E-state index in [9.17, 15) is 0 Å². The second-order valence-electron chi connectivity index (χ2n) is 5.52. The number of hydrogen-bond acceptors (Lipinski definition) is 2. The Balaban J connectivity index is 2.08. The molecule has 2 aromatic rings. The van der Waals surface area contributed by atoms with Gasteiger partial charge in [-0.3, -0.25) is 0 Å². The van der Waals surface area contributed by atoms with Crippen LogP contribution in [0, 0.1) is 0 Å². The van der Waals surface area contributed by atoms with Crippen molar-refractivity contribution in [3.63, 3.8) is 0 Å². The molecule has 0 amide bonds. The maximum Gasteiger partial charge on any atom is 0.0997 e.